The first-order valence-corrected chi connectivity index (χ1v) is 9.01. The Balaban J connectivity index is 1.42. The number of hydrogen-bond acceptors (Lipinski definition) is 4. The summed E-state index contributed by atoms with van der Waals surface area (Å²) >= 11 is 0. The largest absolute Gasteiger partial charge is 0.491 e. The van der Waals surface area contributed by atoms with E-state index in [1.807, 2.05) is 31.2 Å². The second kappa shape index (κ2) is 8.37. The molecule has 1 aliphatic heterocycles. The number of piperazine rings is 1. The van der Waals surface area contributed by atoms with Crippen LogP contribution in [0.15, 0.2) is 48.5 Å². The van der Waals surface area contributed by atoms with E-state index >= 15 is 0 Å². The van der Waals surface area contributed by atoms with Gasteiger partial charge in [0.15, 0.2) is 0 Å². The summed E-state index contributed by atoms with van der Waals surface area (Å²) in [5.41, 5.74) is 3.76. The molecule has 0 saturated carbocycles. The van der Waals surface area contributed by atoms with Gasteiger partial charge < -0.3 is 14.7 Å². The van der Waals surface area contributed by atoms with Crippen LogP contribution >= 0.6 is 0 Å². The smallest absolute Gasteiger partial charge is 0.119 e. The fraction of sp³-hybridized carbons (Fsp3) is 0.429. The van der Waals surface area contributed by atoms with E-state index in [-0.39, 0.29) is 0 Å². The molecule has 1 aliphatic rings. The first-order valence-electron chi connectivity index (χ1n) is 9.01. The maximum Gasteiger partial charge on any atom is 0.119 e. The predicted molar refractivity (Wildman–Crippen MR) is 103 cm³/mol. The summed E-state index contributed by atoms with van der Waals surface area (Å²) in [6.07, 6.45) is -0.467. The third kappa shape index (κ3) is 5.21. The van der Waals surface area contributed by atoms with Crippen LogP contribution in [0.3, 0.4) is 0 Å². The SMILES string of the molecule is Cc1cccc(OC[C@H](O)CN2CCN(c3cccc(C)c3)CC2)c1. The van der Waals surface area contributed by atoms with Gasteiger partial charge in [-0.05, 0) is 49.2 Å². The van der Waals surface area contributed by atoms with Crippen molar-refractivity contribution < 1.29 is 9.84 Å². The maximum atomic E-state index is 10.3. The Morgan fingerprint density at radius 1 is 0.960 bits per heavy atom. The molecule has 0 spiro atoms. The summed E-state index contributed by atoms with van der Waals surface area (Å²) in [6.45, 7) is 9.09. The minimum atomic E-state index is -0.467. The van der Waals surface area contributed by atoms with Gasteiger partial charge in [-0.15, -0.1) is 0 Å². The van der Waals surface area contributed by atoms with Crippen molar-refractivity contribution in [1.82, 2.24) is 4.90 Å². The van der Waals surface area contributed by atoms with E-state index in [4.69, 9.17) is 4.74 Å². The van der Waals surface area contributed by atoms with Crippen LogP contribution in [-0.4, -0.2) is 55.4 Å². The molecule has 3 rings (SSSR count). The summed E-state index contributed by atoms with van der Waals surface area (Å²) in [6, 6.07) is 16.6. The highest BCUT2D eigenvalue weighted by Gasteiger charge is 2.19. The lowest BCUT2D eigenvalue weighted by atomic mass is 10.2. The molecule has 1 saturated heterocycles. The number of rotatable bonds is 6. The van der Waals surface area contributed by atoms with Gasteiger partial charge in [0, 0.05) is 38.4 Å². The van der Waals surface area contributed by atoms with Gasteiger partial charge in [0.05, 0.1) is 0 Å². The molecule has 1 heterocycles. The molecule has 134 valence electrons. The fourth-order valence-corrected chi connectivity index (χ4v) is 3.26. The van der Waals surface area contributed by atoms with Gasteiger partial charge in [-0.3, -0.25) is 4.90 Å². The van der Waals surface area contributed by atoms with Crippen LogP contribution in [0.25, 0.3) is 0 Å². The molecule has 0 aromatic heterocycles. The molecule has 1 N–H and O–H groups in total. The monoisotopic (exact) mass is 340 g/mol. The molecule has 0 aliphatic carbocycles. The van der Waals surface area contributed by atoms with Crippen molar-refractivity contribution in [2.45, 2.75) is 20.0 Å². The van der Waals surface area contributed by atoms with Gasteiger partial charge in [0.1, 0.15) is 18.5 Å². The molecule has 0 radical (unpaired) electrons. The number of anilines is 1. The van der Waals surface area contributed by atoms with Crippen molar-refractivity contribution in [3.8, 4) is 5.75 Å². The van der Waals surface area contributed by atoms with Crippen LogP contribution in [0.2, 0.25) is 0 Å². The molecule has 2 aromatic carbocycles. The number of aliphatic hydroxyl groups excluding tert-OH is 1. The van der Waals surface area contributed by atoms with Gasteiger partial charge in [-0.1, -0.05) is 24.3 Å². The number of aryl methyl sites for hydroxylation is 2. The summed E-state index contributed by atoms with van der Waals surface area (Å²) < 4.78 is 5.71. The average molecular weight is 340 g/mol. The summed E-state index contributed by atoms with van der Waals surface area (Å²) in [7, 11) is 0. The van der Waals surface area contributed by atoms with E-state index in [1.54, 1.807) is 0 Å². The van der Waals surface area contributed by atoms with E-state index in [1.165, 1.54) is 16.8 Å². The van der Waals surface area contributed by atoms with Crippen molar-refractivity contribution in [3.05, 3.63) is 59.7 Å². The van der Waals surface area contributed by atoms with E-state index in [0.717, 1.165) is 31.9 Å². The van der Waals surface area contributed by atoms with Crippen molar-refractivity contribution in [1.29, 1.82) is 0 Å². The topological polar surface area (TPSA) is 35.9 Å². The predicted octanol–water partition coefficient (Wildman–Crippen LogP) is 2.87. The lowest BCUT2D eigenvalue weighted by Crippen LogP contribution is -2.49. The molecule has 1 atom stereocenters. The molecule has 2 aromatic rings. The third-order valence-electron chi connectivity index (χ3n) is 4.64. The van der Waals surface area contributed by atoms with Crippen LogP contribution < -0.4 is 9.64 Å². The fourth-order valence-electron chi connectivity index (χ4n) is 3.26. The van der Waals surface area contributed by atoms with E-state index < -0.39 is 6.10 Å². The Labute approximate surface area is 150 Å². The first kappa shape index (κ1) is 17.8. The standard InChI is InChI=1S/C21H28N2O2/c1-17-5-3-7-19(13-17)23-11-9-22(10-12-23)15-20(24)16-25-21-8-4-6-18(2)14-21/h3-8,13-14,20,24H,9-12,15-16H2,1-2H3/t20-/m1/s1. The number of ether oxygens (including phenoxy) is 1. The molecular weight excluding hydrogens is 312 g/mol. The Kier molecular flexibility index (Phi) is 5.95. The highest BCUT2D eigenvalue weighted by Crippen LogP contribution is 2.18. The molecular formula is C21H28N2O2. The minimum Gasteiger partial charge on any atom is -0.491 e. The molecule has 4 nitrogen and oxygen atoms in total. The van der Waals surface area contributed by atoms with Gasteiger partial charge in [-0.25, -0.2) is 0 Å². The van der Waals surface area contributed by atoms with Crippen LogP contribution in [-0.2, 0) is 0 Å². The Bertz CT molecular complexity index is 681. The zero-order valence-electron chi connectivity index (χ0n) is 15.2. The maximum absolute atomic E-state index is 10.3. The lowest BCUT2D eigenvalue weighted by Gasteiger charge is -2.37. The van der Waals surface area contributed by atoms with Gasteiger partial charge in [0.25, 0.3) is 0 Å². The van der Waals surface area contributed by atoms with Gasteiger partial charge in [0.2, 0.25) is 0 Å². The number of nitrogens with zero attached hydrogens (tertiary/aromatic N) is 2. The van der Waals surface area contributed by atoms with Crippen LogP contribution in [0, 0.1) is 13.8 Å². The van der Waals surface area contributed by atoms with Crippen molar-refractivity contribution >= 4 is 5.69 Å². The Hall–Kier alpha value is -2.04. The van der Waals surface area contributed by atoms with Crippen molar-refractivity contribution in [2.24, 2.45) is 0 Å². The zero-order chi connectivity index (χ0) is 17.6. The van der Waals surface area contributed by atoms with Crippen LogP contribution in [0.4, 0.5) is 5.69 Å². The Morgan fingerprint density at radius 3 is 2.32 bits per heavy atom. The minimum absolute atomic E-state index is 0.335. The molecule has 1 fully saturated rings. The van der Waals surface area contributed by atoms with E-state index in [2.05, 4.69) is 41.0 Å². The highest BCUT2D eigenvalue weighted by atomic mass is 16.5. The number of β-amino-alcohol motifs (C(OH)–C–C–N with tert-alkyl or cyclic N) is 1. The van der Waals surface area contributed by atoms with Crippen LogP contribution in [0.1, 0.15) is 11.1 Å². The first-order chi connectivity index (χ1) is 12.1. The summed E-state index contributed by atoms with van der Waals surface area (Å²) in [5, 5.41) is 10.3. The summed E-state index contributed by atoms with van der Waals surface area (Å²) in [4.78, 5) is 4.73. The van der Waals surface area contributed by atoms with Crippen LogP contribution in [0.5, 0.6) is 5.75 Å². The summed E-state index contributed by atoms with van der Waals surface area (Å²) in [5.74, 6) is 0.823. The second-order valence-corrected chi connectivity index (χ2v) is 6.91. The molecule has 0 amide bonds. The Morgan fingerprint density at radius 2 is 1.64 bits per heavy atom. The van der Waals surface area contributed by atoms with Gasteiger partial charge in [-0.2, -0.15) is 0 Å². The van der Waals surface area contributed by atoms with Crippen molar-refractivity contribution in [2.75, 3.05) is 44.2 Å². The van der Waals surface area contributed by atoms with Gasteiger partial charge >= 0.3 is 0 Å². The highest BCUT2D eigenvalue weighted by molar-refractivity contribution is 5.48. The third-order valence-corrected chi connectivity index (χ3v) is 4.64. The van der Waals surface area contributed by atoms with Crippen molar-refractivity contribution in [3.63, 3.8) is 0 Å². The number of aliphatic hydroxyl groups is 1. The number of benzene rings is 2. The molecule has 0 bridgehead atoms. The number of hydrogen-bond donors (Lipinski definition) is 1. The molecule has 25 heavy (non-hydrogen) atoms. The zero-order valence-corrected chi connectivity index (χ0v) is 15.2. The molecule has 0 unspecified atom stereocenters. The lowest BCUT2D eigenvalue weighted by molar-refractivity contribution is 0.0663. The molecule has 4 heteroatoms. The second-order valence-electron chi connectivity index (χ2n) is 6.91. The average Bonchev–Trinajstić information content (AvgIpc) is 2.61. The van der Waals surface area contributed by atoms with E-state index in [0.29, 0.717) is 13.2 Å². The van der Waals surface area contributed by atoms with E-state index in [9.17, 15) is 5.11 Å². The normalized spacial score (nSPS) is 16.7. The quantitative estimate of drug-likeness (QED) is 0.877.